The van der Waals surface area contributed by atoms with Crippen molar-refractivity contribution in [1.82, 2.24) is 5.32 Å². The number of anilines is 1. The van der Waals surface area contributed by atoms with E-state index in [1.807, 2.05) is 28.4 Å². The van der Waals surface area contributed by atoms with E-state index in [-0.39, 0.29) is 24.3 Å². The van der Waals surface area contributed by atoms with Crippen LogP contribution >= 0.6 is 0 Å². The lowest BCUT2D eigenvalue weighted by Gasteiger charge is -2.30. The van der Waals surface area contributed by atoms with Crippen LogP contribution in [0.3, 0.4) is 0 Å². The predicted octanol–water partition coefficient (Wildman–Crippen LogP) is -0.582. The van der Waals surface area contributed by atoms with Crippen LogP contribution < -0.4 is 15.5 Å². The number of benzene rings is 1. The number of fused-ring (bicyclic) bond motifs is 1. The van der Waals surface area contributed by atoms with Crippen LogP contribution in [0.15, 0.2) is 24.3 Å². The largest absolute Gasteiger partial charge is 0.345 e. The van der Waals surface area contributed by atoms with E-state index in [4.69, 9.17) is 0 Å². The Bertz CT molecular complexity index is 530. The van der Waals surface area contributed by atoms with E-state index >= 15 is 0 Å². The number of aryl methyl sites for hydroxylation is 1. The second kappa shape index (κ2) is 5.63. The minimum atomic E-state index is -0.273. The van der Waals surface area contributed by atoms with Crippen LogP contribution in [0, 0.1) is 0 Å². The summed E-state index contributed by atoms with van der Waals surface area (Å²) in [6.07, 6.45) is 2.29. The average molecular weight is 274 g/mol. The molecule has 5 nitrogen and oxygen atoms in total. The molecule has 0 unspecified atom stereocenters. The molecule has 2 heterocycles. The van der Waals surface area contributed by atoms with Crippen molar-refractivity contribution in [2.45, 2.75) is 25.3 Å². The normalized spacial score (nSPS) is 22.1. The fraction of sp³-hybridized carbons (Fsp3) is 0.467. The fourth-order valence-electron chi connectivity index (χ4n) is 2.99. The van der Waals surface area contributed by atoms with Crippen LogP contribution in [0.5, 0.6) is 0 Å². The molecule has 1 saturated heterocycles. The summed E-state index contributed by atoms with van der Waals surface area (Å²) in [4.78, 5) is 26.1. The molecule has 2 aliphatic rings. The standard InChI is InChI=1S/C15H19N3O2/c19-14(10-12-15(20)17-8-7-16-12)18-9-3-5-11-4-1-2-6-13(11)18/h1-2,4,6,12,16H,3,5,7-10H2,(H,17,20)/p+1/t12-/m0/s1. The zero-order chi connectivity index (χ0) is 13.9. The van der Waals surface area contributed by atoms with Crippen molar-refractivity contribution in [3.05, 3.63) is 29.8 Å². The van der Waals surface area contributed by atoms with E-state index in [1.54, 1.807) is 0 Å². The van der Waals surface area contributed by atoms with Crippen LogP contribution in [-0.2, 0) is 16.0 Å². The van der Waals surface area contributed by atoms with Crippen molar-refractivity contribution in [2.75, 3.05) is 24.5 Å². The summed E-state index contributed by atoms with van der Waals surface area (Å²) < 4.78 is 0. The van der Waals surface area contributed by atoms with Gasteiger partial charge in [-0.2, -0.15) is 0 Å². The number of hydrogen-bond acceptors (Lipinski definition) is 2. The molecule has 3 N–H and O–H groups in total. The quantitative estimate of drug-likeness (QED) is 0.757. The second-order valence-corrected chi connectivity index (χ2v) is 5.40. The first-order valence-electron chi connectivity index (χ1n) is 7.25. The molecular formula is C15H20N3O2+. The maximum atomic E-state index is 12.5. The third kappa shape index (κ3) is 2.54. The van der Waals surface area contributed by atoms with Crippen molar-refractivity contribution in [3.8, 4) is 0 Å². The third-order valence-corrected chi connectivity index (χ3v) is 4.04. The number of carbonyl (C=O) groups is 2. The van der Waals surface area contributed by atoms with Gasteiger partial charge in [-0.05, 0) is 24.5 Å². The molecule has 2 amide bonds. The van der Waals surface area contributed by atoms with Crippen LogP contribution in [0.25, 0.3) is 0 Å². The monoisotopic (exact) mass is 274 g/mol. The Morgan fingerprint density at radius 1 is 1.40 bits per heavy atom. The average Bonchev–Trinajstić information content (AvgIpc) is 2.49. The maximum Gasteiger partial charge on any atom is 0.278 e. The topological polar surface area (TPSA) is 66.0 Å². The first-order chi connectivity index (χ1) is 9.75. The molecule has 0 bridgehead atoms. The molecule has 0 saturated carbocycles. The maximum absolute atomic E-state index is 12.5. The van der Waals surface area contributed by atoms with Crippen LogP contribution in [-0.4, -0.2) is 37.5 Å². The lowest BCUT2D eigenvalue weighted by atomic mass is 10.0. The number of nitrogens with zero attached hydrogens (tertiary/aromatic N) is 1. The molecule has 0 aliphatic carbocycles. The molecule has 1 aromatic rings. The van der Waals surface area contributed by atoms with Gasteiger partial charge in [0.05, 0.1) is 19.5 Å². The van der Waals surface area contributed by atoms with Gasteiger partial charge in [0.15, 0.2) is 6.04 Å². The molecule has 1 aromatic carbocycles. The lowest BCUT2D eigenvalue weighted by Crippen LogP contribution is -2.96. The van der Waals surface area contributed by atoms with Gasteiger partial charge >= 0.3 is 0 Å². The number of nitrogens with one attached hydrogen (secondary N) is 1. The van der Waals surface area contributed by atoms with Gasteiger partial charge in [0, 0.05) is 12.2 Å². The lowest BCUT2D eigenvalue weighted by molar-refractivity contribution is -0.678. The fourth-order valence-corrected chi connectivity index (χ4v) is 2.99. The van der Waals surface area contributed by atoms with Gasteiger partial charge in [-0.1, -0.05) is 18.2 Å². The zero-order valence-corrected chi connectivity index (χ0v) is 11.5. The van der Waals surface area contributed by atoms with Crippen LogP contribution in [0.4, 0.5) is 5.69 Å². The third-order valence-electron chi connectivity index (χ3n) is 4.04. The Morgan fingerprint density at radius 3 is 3.10 bits per heavy atom. The molecule has 0 aromatic heterocycles. The number of amides is 2. The van der Waals surface area contributed by atoms with Gasteiger partial charge in [0.1, 0.15) is 0 Å². The summed E-state index contributed by atoms with van der Waals surface area (Å²) in [7, 11) is 0. The molecule has 3 rings (SSSR count). The number of hydrogen-bond donors (Lipinski definition) is 2. The smallest absolute Gasteiger partial charge is 0.278 e. The van der Waals surface area contributed by atoms with Gasteiger partial charge in [0.25, 0.3) is 5.91 Å². The summed E-state index contributed by atoms with van der Waals surface area (Å²) >= 11 is 0. The minimum absolute atomic E-state index is 0.0186. The van der Waals surface area contributed by atoms with E-state index in [0.717, 1.165) is 31.6 Å². The number of nitrogens with two attached hydrogens (primary N) is 1. The van der Waals surface area contributed by atoms with Gasteiger partial charge in [-0.3, -0.25) is 9.59 Å². The van der Waals surface area contributed by atoms with Crippen LogP contribution in [0.1, 0.15) is 18.4 Å². The Morgan fingerprint density at radius 2 is 2.25 bits per heavy atom. The number of rotatable bonds is 2. The van der Waals surface area contributed by atoms with E-state index < -0.39 is 0 Å². The highest BCUT2D eigenvalue weighted by atomic mass is 16.2. The summed E-state index contributed by atoms with van der Waals surface area (Å²) in [5.74, 6) is 0.0327. The number of piperazine rings is 1. The molecule has 0 spiro atoms. The highest BCUT2D eigenvalue weighted by molar-refractivity contribution is 5.97. The SMILES string of the molecule is O=C1NCC[NH2+][C@H]1CC(=O)N1CCCc2ccccc21. The van der Waals surface area contributed by atoms with Gasteiger partial charge in [-0.25, -0.2) is 0 Å². The molecule has 5 heteroatoms. The number of quaternary nitrogens is 1. The number of carbonyl (C=O) groups excluding carboxylic acids is 2. The van der Waals surface area contributed by atoms with Gasteiger partial charge in [-0.15, -0.1) is 0 Å². The summed E-state index contributed by atoms with van der Waals surface area (Å²) in [5.41, 5.74) is 2.24. The zero-order valence-electron chi connectivity index (χ0n) is 11.5. The van der Waals surface area contributed by atoms with E-state index in [0.29, 0.717) is 6.54 Å². The van der Waals surface area contributed by atoms with E-state index in [9.17, 15) is 9.59 Å². The Labute approximate surface area is 118 Å². The highest BCUT2D eigenvalue weighted by Crippen LogP contribution is 2.27. The Kier molecular flexibility index (Phi) is 3.69. The van der Waals surface area contributed by atoms with Crippen LogP contribution in [0.2, 0.25) is 0 Å². The van der Waals surface area contributed by atoms with Crippen molar-refractivity contribution in [2.24, 2.45) is 0 Å². The van der Waals surface area contributed by atoms with Crippen molar-refractivity contribution in [3.63, 3.8) is 0 Å². The molecule has 2 aliphatic heterocycles. The molecular weight excluding hydrogens is 254 g/mol. The van der Waals surface area contributed by atoms with Gasteiger partial charge in [0.2, 0.25) is 5.91 Å². The predicted molar refractivity (Wildman–Crippen MR) is 75.3 cm³/mol. The second-order valence-electron chi connectivity index (χ2n) is 5.40. The summed E-state index contributed by atoms with van der Waals surface area (Å²) in [5, 5.41) is 4.78. The Balaban J connectivity index is 1.73. The first kappa shape index (κ1) is 13.1. The van der Waals surface area contributed by atoms with E-state index in [2.05, 4.69) is 11.4 Å². The highest BCUT2D eigenvalue weighted by Gasteiger charge is 2.31. The molecule has 0 radical (unpaired) electrons. The van der Waals surface area contributed by atoms with Crippen molar-refractivity contribution >= 4 is 17.5 Å². The molecule has 20 heavy (non-hydrogen) atoms. The minimum Gasteiger partial charge on any atom is -0.345 e. The van der Waals surface area contributed by atoms with Crippen molar-refractivity contribution in [1.29, 1.82) is 0 Å². The summed E-state index contributed by atoms with van der Waals surface area (Å²) in [6, 6.07) is 7.77. The first-order valence-corrected chi connectivity index (χ1v) is 7.25. The van der Waals surface area contributed by atoms with E-state index in [1.165, 1.54) is 5.56 Å². The number of para-hydroxylation sites is 1. The molecule has 106 valence electrons. The Hall–Kier alpha value is -1.88. The molecule has 1 atom stereocenters. The summed E-state index contributed by atoms with van der Waals surface area (Å²) in [6.45, 7) is 2.29. The van der Waals surface area contributed by atoms with Gasteiger partial charge < -0.3 is 15.5 Å². The van der Waals surface area contributed by atoms with Crippen molar-refractivity contribution < 1.29 is 14.9 Å². The molecule has 1 fully saturated rings.